The second-order valence-electron chi connectivity index (χ2n) is 1.04. The minimum Gasteiger partial charge on any atom is -0.164 e. The molecular formula is C4H6IS2. The highest BCUT2D eigenvalue weighted by molar-refractivity contribution is 14.1. The van der Waals surface area contributed by atoms with Crippen LogP contribution in [-0.4, -0.2) is 21.3 Å². The molecule has 0 aliphatic heterocycles. The molecule has 1 unspecified atom stereocenters. The maximum atomic E-state index is 4.57. The van der Waals surface area contributed by atoms with Crippen LogP contribution in [0, 0.1) is 0 Å². The van der Waals surface area contributed by atoms with Gasteiger partial charge in [-0.1, -0.05) is 34.8 Å². The van der Waals surface area contributed by atoms with Crippen LogP contribution in [0.2, 0.25) is 0 Å². The monoisotopic (exact) mass is 245 g/mol. The molecule has 1 radical (unpaired) electrons. The van der Waals surface area contributed by atoms with Crippen molar-refractivity contribution in [3.8, 4) is 0 Å². The first-order valence-electron chi connectivity index (χ1n) is 1.82. The lowest BCUT2D eigenvalue weighted by molar-refractivity contribution is 1.46. The third-order valence-electron chi connectivity index (χ3n) is 0.441. The zero-order valence-electron chi connectivity index (χ0n) is 3.98. The first-order chi connectivity index (χ1) is 3.31. The Morgan fingerprint density at radius 3 is 2.71 bits per heavy atom. The summed E-state index contributed by atoms with van der Waals surface area (Å²) >= 11 is 8.64. The Hall–Kier alpha value is 1.17. The molecule has 0 amide bonds. The second-order valence-corrected chi connectivity index (χ2v) is 3.69. The summed E-state index contributed by atoms with van der Waals surface area (Å²) in [5.41, 5.74) is 0. The molecule has 0 spiro atoms. The maximum Gasteiger partial charge on any atom is 0.0563 e. The lowest BCUT2D eigenvalue weighted by Crippen LogP contribution is -1.98. The van der Waals surface area contributed by atoms with Crippen LogP contribution in [-0.2, 0) is 0 Å². The van der Waals surface area contributed by atoms with Gasteiger partial charge >= 0.3 is 0 Å². The van der Waals surface area contributed by atoms with Crippen molar-refractivity contribution in [2.45, 2.75) is 3.92 Å². The minimum absolute atomic E-state index is 0.447. The number of alkyl halides is 1. The second kappa shape index (κ2) is 5.31. The van der Waals surface area contributed by atoms with E-state index in [-0.39, 0.29) is 0 Å². The number of hydrogen-bond donors (Lipinski definition) is 0. The van der Waals surface area contributed by atoms with E-state index in [1.807, 2.05) is 0 Å². The predicted octanol–water partition coefficient (Wildman–Crippen LogP) is 2.03. The van der Waals surface area contributed by atoms with E-state index in [4.69, 9.17) is 0 Å². The average Bonchev–Trinajstić information content (AvgIpc) is 1.68. The van der Waals surface area contributed by atoms with Crippen LogP contribution in [0.5, 0.6) is 0 Å². The third kappa shape index (κ3) is 5.03. The van der Waals surface area contributed by atoms with E-state index in [9.17, 15) is 0 Å². The van der Waals surface area contributed by atoms with E-state index in [1.54, 1.807) is 11.8 Å². The lowest BCUT2D eigenvalue weighted by Gasteiger charge is -1.94. The van der Waals surface area contributed by atoms with Crippen molar-refractivity contribution in [3.63, 3.8) is 0 Å². The van der Waals surface area contributed by atoms with Gasteiger partial charge in [-0.15, -0.1) is 0 Å². The zero-order valence-corrected chi connectivity index (χ0v) is 7.77. The summed E-state index contributed by atoms with van der Waals surface area (Å²) in [6.07, 6.45) is 2.07. The minimum atomic E-state index is 0.447. The van der Waals surface area contributed by atoms with Crippen LogP contribution in [0.4, 0.5) is 0 Å². The Bertz CT molecular complexity index is 55.7. The van der Waals surface area contributed by atoms with Gasteiger partial charge in [0.15, 0.2) is 0 Å². The molecule has 0 bridgehead atoms. The Balaban J connectivity index is 2.98. The van der Waals surface area contributed by atoms with Gasteiger partial charge in [0.2, 0.25) is 0 Å². The van der Waals surface area contributed by atoms with Crippen molar-refractivity contribution < 1.29 is 0 Å². The largest absolute Gasteiger partial charge is 0.164 e. The van der Waals surface area contributed by atoms with E-state index in [0.717, 1.165) is 5.75 Å². The van der Waals surface area contributed by atoms with E-state index < -0.39 is 0 Å². The van der Waals surface area contributed by atoms with Gasteiger partial charge in [-0.3, -0.25) is 0 Å². The quantitative estimate of drug-likeness (QED) is 0.424. The van der Waals surface area contributed by atoms with Gasteiger partial charge in [0.1, 0.15) is 0 Å². The Kier molecular flexibility index (Phi) is 6.20. The van der Waals surface area contributed by atoms with Crippen molar-refractivity contribution in [1.29, 1.82) is 0 Å². The molecule has 0 heterocycles. The van der Waals surface area contributed by atoms with Crippen molar-refractivity contribution in [2.75, 3.05) is 12.0 Å². The highest BCUT2D eigenvalue weighted by atomic mass is 127. The molecule has 0 rings (SSSR count). The molecule has 0 nitrogen and oxygen atoms in total. The fourth-order valence-corrected chi connectivity index (χ4v) is 1.82. The van der Waals surface area contributed by atoms with Crippen LogP contribution < -0.4 is 0 Å². The first-order valence-corrected chi connectivity index (χ1v) is 4.86. The molecule has 3 heteroatoms. The first kappa shape index (κ1) is 8.17. The topological polar surface area (TPSA) is 0 Å². The lowest BCUT2D eigenvalue weighted by atomic mass is 10.6. The van der Waals surface area contributed by atoms with Gasteiger partial charge in [0, 0.05) is 11.1 Å². The molecule has 0 N–H and O–H groups in total. The van der Waals surface area contributed by atoms with Crippen LogP contribution in [0.1, 0.15) is 0 Å². The standard InChI is InChI=1S/C4H6IS2/c1-7-3-4(5)2-6/h4H,3H2,1H3. The predicted molar refractivity (Wildman–Crippen MR) is 48.8 cm³/mol. The Labute approximate surface area is 67.6 Å². The molecule has 0 aromatic carbocycles. The molecule has 0 saturated carbocycles. The summed E-state index contributed by atoms with van der Waals surface area (Å²) in [6, 6.07) is 0. The zero-order chi connectivity index (χ0) is 5.70. The van der Waals surface area contributed by atoms with E-state index >= 15 is 0 Å². The summed E-state index contributed by atoms with van der Waals surface area (Å²) in [6.45, 7) is 0. The normalized spacial score (nSPS) is 13.4. The number of rotatable bonds is 3. The van der Waals surface area contributed by atoms with Crippen LogP contribution in [0.15, 0.2) is 0 Å². The van der Waals surface area contributed by atoms with Gasteiger partial charge in [0.25, 0.3) is 0 Å². The van der Waals surface area contributed by atoms with Gasteiger partial charge in [-0.2, -0.15) is 11.8 Å². The van der Waals surface area contributed by atoms with Gasteiger partial charge < -0.3 is 0 Å². The Morgan fingerprint density at radius 1 is 2.00 bits per heavy atom. The summed E-state index contributed by atoms with van der Waals surface area (Å²) in [5.74, 6) is 1.09. The molecule has 0 fully saturated rings. The van der Waals surface area contributed by atoms with Crippen molar-refractivity contribution in [1.82, 2.24) is 0 Å². The molecule has 0 aromatic heterocycles. The highest BCUT2D eigenvalue weighted by Crippen LogP contribution is 2.04. The Morgan fingerprint density at radius 2 is 2.57 bits per heavy atom. The van der Waals surface area contributed by atoms with E-state index in [1.165, 1.54) is 0 Å². The molecule has 0 saturated heterocycles. The van der Waals surface area contributed by atoms with Crippen molar-refractivity contribution in [2.24, 2.45) is 0 Å². The summed E-state index contributed by atoms with van der Waals surface area (Å²) < 4.78 is 0.447. The van der Waals surface area contributed by atoms with Crippen LogP contribution in [0.3, 0.4) is 0 Å². The van der Waals surface area contributed by atoms with Gasteiger partial charge in [0.05, 0.1) is 3.92 Å². The highest BCUT2D eigenvalue weighted by Gasteiger charge is 1.94. The summed E-state index contributed by atoms with van der Waals surface area (Å²) in [7, 11) is 0. The fourth-order valence-electron chi connectivity index (χ4n) is 0.180. The van der Waals surface area contributed by atoms with E-state index in [0.29, 0.717) is 3.92 Å². The fraction of sp³-hybridized carbons (Fsp3) is 0.750. The summed E-state index contributed by atoms with van der Waals surface area (Å²) in [4.78, 5) is 0. The van der Waals surface area contributed by atoms with Crippen LogP contribution >= 0.6 is 46.6 Å². The molecule has 0 aromatic rings. The molecule has 0 aliphatic rings. The number of thiocarbonyl (C=S) groups is 1. The van der Waals surface area contributed by atoms with Crippen molar-refractivity contribution in [3.05, 3.63) is 0 Å². The number of halogens is 1. The third-order valence-corrected chi connectivity index (χ3v) is 3.16. The van der Waals surface area contributed by atoms with Crippen LogP contribution in [0.25, 0.3) is 0 Å². The van der Waals surface area contributed by atoms with Gasteiger partial charge in [-0.25, -0.2) is 0 Å². The molecule has 1 atom stereocenters. The molecular weight excluding hydrogens is 239 g/mol. The van der Waals surface area contributed by atoms with Crippen molar-refractivity contribution >= 4 is 51.9 Å². The smallest absolute Gasteiger partial charge is 0.0563 e. The SMILES string of the molecule is CSCC(I)[C]=S. The molecule has 0 aliphatic carbocycles. The molecule has 41 valence electrons. The average molecular weight is 245 g/mol. The number of thioether (sulfide) groups is 1. The van der Waals surface area contributed by atoms with Gasteiger partial charge in [-0.05, 0) is 6.26 Å². The maximum absolute atomic E-state index is 4.57. The summed E-state index contributed by atoms with van der Waals surface area (Å²) in [5, 5.41) is 2.72. The van der Waals surface area contributed by atoms with E-state index in [2.05, 4.69) is 46.4 Å². The molecule has 7 heavy (non-hydrogen) atoms. The number of hydrogen-bond acceptors (Lipinski definition) is 2.